The van der Waals surface area contributed by atoms with Crippen LogP contribution in [0.2, 0.25) is 0 Å². The molecule has 0 aliphatic heterocycles. The minimum Gasteiger partial charge on any atom is -0.398 e. The van der Waals surface area contributed by atoms with Crippen LogP contribution in [-0.4, -0.2) is 4.57 Å². The summed E-state index contributed by atoms with van der Waals surface area (Å²) < 4.78 is 1.79. The molecule has 86 valence electrons. The molecule has 16 heavy (non-hydrogen) atoms. The Hall–Kier alpha value is -1.25. The minimum absolute atomic E-state index is 0.0805. The van der Waals surface area contributed by atoms with Crippen molar-refractivity contribution in [2.75, 3.05) is 5.73 Å². The summed E-state index contributed by atoms with van der Waals surface area (Å²) in [5, 5.41) is 0. The molecule has 2 fully saturated rings. The van der Waals surface area contributed by atoms with E-state index in [0.29, 0.717) is 11.6 Å². The Morgan fingerprint density at radius 3 is 2.88 bits per heavy atom. The van der Waals surface area contributed by atoms with Crippen molar-refractivity contribution in [3.63, 3.8) is 0 Å². The van der Waals surface area contributed by atoms with Crippen LogP contribution in [0.3, 0.4) is 0 Å². The molecule has 2 aliphatic rings. The van der Waals surface area contributed by atoms with Gasteiger partial charge in [0.25, 0.3) is 5.56 Å². The normalized spacial score (nSPS) is 32.1. The number of fused-ring (bicyclic) bond motifs is 2. The van der Waals surface area contributed by atoms with Gasteiger partial charge in [-0.15, -0.1) is 0 Å². The second kappa shape index (κ2) is 3.65. The lowest BCUT2D eigenvalue weighted by molar-refractivity contribution is 0.293. The zero-order chi connectivity index (χ0) is 11.1. The lowest BCUT2D eigenvalue weighted by Gasteiger charge is -2.22. The molecule has 1 aromatic rings. The SMILES string of the molecule is Nc1ccc(=O)n(CC2CC3CCC2C3)c1. The molecule has 0 spiro atoms. The Bertz CT molecular complexity index is 451. The van der Waals surface area contributed by atoms with Gasteiger partial charge in [0.15, 0.2) is 0 Å². The van der Waals surface area contributed by atoms with Gasteiger partial charge in [0.1, 0.15) is 0 Å². The molecule has 0 aromatic carbocycles. The van der Waals surface area contributed by atoms with Crippen molar-refractivity contribution >= 4 is 5.69 Å². The number of pyridine rings is 1. The second-order valence-electron chi connectivity index (χ2n) is 5.39. The number of nitrogen functional groups attached to an aromatic ring is 1. The highest BCUT2D eigenvalue weighted by Gasteiger charge is 2.39. The number of hydrogen-bond donors (Lipinski definition) is 1. The minimum atomic E-state index is 0.0805. The van der Waals surface area contributed by atoms with E-state index < -0.39 is 0 Å². The van der Waals surface area contributed by atoms with Crippen LogP contribution in [0.5, 0.6) is 0 Å². The Morgan fingerprint density at radius 1 is 1.31 bits per heavy atom. The van der Waals surface area contributed by atoms with Gasteiger partial charge in [-0.2, -0.15) is 0 Å². The van der Waals surface area contributed by atoms with Gasteiger partial charge in [-0.05, 0) is 43.1 Å². The van der Waals surface area contributed by atoms with Gasteiger partial charge in [0.2, 0.25) is 0 Å². The van der Waals surface area contributed by atoms with Gasteiger partial charge in [0, 0.05) is 24.5 Å². The molecular formula is C13H18N2O. The van der Waals surface area contributed by atoms with E-state index in [4.69, 9.17) is 5.73 Å². The van der Waals surface area contributed by atoms with E-state index in [1.807, 2.05) is 0 Å². The molecule has 1 heterocycles. The number of nitrogens with two attached hydrogens (primary N) is 1. The first-order chi connectivity index (χ1) is 7.72. The first-order valence-corrected chi connectivity index (χ1v) is 6.18. The number of rotatable bonds is 2. The fourth-order valence-electron chi connectivity index (χ4n) is 3.55. The van der Waals surface area contributed by atoms with E-state index in [-0.39, 0.29) is 5.56 Å². The monoisotopic (exact) mass is 218 g/mol. The first-order valence-electron chi connectivity index (χ1n) is 6.18. The van der Waals surface area contributed by atoms with Crippen LogP contribution >= 0.6 is 0 Å². The number of anilines is 1. The van der Waals surface area contributed by atoms with Gasteiger partial charge in [-0.3, -0.25) is 4.79 Å². The number of aromatic nitrogens is 1. The third-order valence-corrected chi connectivity index (χ3v) is 4.32. The van der Waals surface area contributed by atoms with Crippen molar-refractivity contribution in [3.8, 4) is 0 Å². The zero-order valence-corrected chi connectivity index (χ0v) is 9.43. The van der Waals surface area contributed by atoms with E-state index in [1.165, 1.54) is 25.7 Å². The summed E-state index contributed by atoms with van der Waals surface area (Å²) in [6, 6.07) is 3.25. The highest BCUT2D eigenvalue weighted by Crippen LogP contribution is 2.48. The maximum absolute atomic E-state index is 11.7. The van der Waals surface area contributed by atoms with Crippen LogP contribution in [0.1, 0.15) is 25.7 Å². The Kier molecular flexibility index (Phi) is 2.27. The number of hydrogen-bond acceptors (Lipinski definition) is 2. The molecule has 3 heteroatoms. The molecule has 2 saturated carbocycles. The molecule has 2 bridgehead atoms. The van der Waals surface area contributed by atoms with Crippen molar-refractivity contribution in [2.24, 2.45) is 17.8 Å². The van der Waals surface area contributed by atoms with Crippen molar-refractivity contribution < 1.29 is 0 Å². The van der Waals surface area contributed by atoms with Crippen LogP contribution in [0.15, 0.2) is 23.1 Å². The van der Waals surface area contributed by atoms with Crippen LogP contribution < -0.4 is 11.3 Å². The van der Waals surface area contributed by atoms with Gasteiger partial charge in [-0.25, -0.2) is 0 Å². The molecule has 2 aliphatic carbocycles. The molecule has 3 nitrogen and oxygen atoms in total. The molecule has 0 radical (unpaired) electrons. The molecule has 2 N–H and O–H groups in total. The smallest absolute Gasteiger partial charge is 0.250 e. The summed E-state index contributed by atoms with van der Waals surface area (Å²) in [5.41, 5.74) is 6.48. The van der Waals surface area contributed by atoms with Crippen molar-refractivity contribution in [3.05, 3.63) is 28.7 Å². The Labute approximate surface area is 95.3 Å². The predicted molar refractivity (Wildman–Crippen MR) is 64.1 cm³/mol. The summed E-state index contributed by atoms with van der Waals surface area (Å²) >= 11 is 0. The van der Waals surface area contributed by atoms with E-state index in [9.17, 15) is 4.79 Å². The largest absolute Gasteiger partial charge is 0.398 e. The van der Waals surface area contributed by atoms with E-state index in [1.54, 1.807) is 22.9 Å². The molecule has 3 rings (SSSR count). The molecule has 0 amide bonds. The highest BCUT2D eigenvalue weighted by molar-refractivity contribution is 5.33. The Morgan fingerprint density at radius 2 is 2.19 bits per heavy atom. The summed E-state index contributed by atoms with van der Waals surface area (Å²) in [6.45, 7) is 0.866. The van der Waals surface area contributed by atoms with Crippen LogP contribution in [0, 0.1) is 17.8 Å². The van der Waals surface area contributed by atoms with E-state index in [0.717, 1.165) is 18.4 Å². The quantitative estimate of drug-likeness (QED) is 0.823. The third-order valence-electron chi connectivity index (χ3n) is 4.32. The van der Waals surface area contributed by atoms with Crippen molar-refractivity contribution in [2.45, 2.75) is 32.2 Å². The standard InChI is InChI=1S/C13H18N2O/c14-12-3-4-13(16)15(8-12)7-11-6-9-1-2-10(11)5-9/h3-4,8-11H,1-2,5-7,14H2. The van der Waals surface area contributed by atoms with E-state index in [2.05, 4.69) is 0 Å². The second-order valence-corrected chi connectivity index (χ2v) is 5.39. The molecular weight excluding hydrogens is 200 g/mol. The molecule has 0 saturated heterocycles. The fourth-order valence-corrected chi connectivity index (χ4v) is 3.55. The average Bonchev–Trinajstić information content (AvgIpc) is 2.85. The molecule has 1 aromatic heterocycles. The predicted octanol–water partition coefficient (Wildman–Crippen LogP) is 1.87. The van der Waals surface area contributed by atoms with Crippen molar-refractivity contribution in [1.82, 2.24) is 4.57 Å². The van der Waals surface area contributed by atoms with Gasteiger partial charge >= 0.3 is 0 Å². The van der Waals surface area contributed by atoms with Gasteiger partial charge in [-0.1, -0.05) is 6.42 Å². The summed E-state index contributed by atoms with van der Waals surface area (Å²) in [7, 11) is 0. The lowest BCUT2D eigenvalue weighted by atomic mass is 9.89. The van der Waals surface area contributed by atoms with Gasteiger partial charge in [0.05, 0.1) is 0 Å². The maximum atomic E-state index is 11.7. The van der Waals surface area contributed by atoms with Crippen molar-refractivity contribution in [1.29, 1.82) is 0 Å². The fraction of sp³-hybridized carbons (Fsp3) is 0.615. The Balaban J connectivity index is 1.79. The average molecular weight is 218 g/mol. The highest BCUT2D eigenvalue weighted by atomic mass is 16.1. The first kappa shape index (κ1) is 9.94. The van der Waals surface area contributed by atoms with Gasteiger partial charge < -0.3 is 10.3 Å². The summed E-state index contributed by atoms with van der Waals surface area (Å²) in [6.07, 6.45) is 7.27. The van der Waals surface area contributed by atoms with Crippen LogP contribution in [0.4, 0.5) is 5.69 Å². The van der Waals surface area contributed by atoms with E-state index >= 15 is 0 Å². The molecule has 3 unspecified atom stereocenters. The summed E-state index contributed by atoms with van der Waals surface area (Å²) in [4.78, 5) is 11.7. The number of nitrogens with zero attached hydrogens (tertiary/aromatic N) is 1. The zero-order valence-electron chi connectivity index (χ0n) is 9.43. The van der Waals surface area contributed by atoms with Crippen LogP contribution in [0.25, 0.3) is 0 Å². The summed E-state index contributed by atoms with van der Waals surface area (Å²) in [5.74, 6) is 2.50. The molecule has 3 atom stereocenters. The topological polar surface area (TPSA) is 48.0 Å². The van der Waals surface area contributed by atoms with Crippen LogP contribution in [-0.2, 0) is 6.54 Å². The third kappa shape index (κ3) is 1.64. The maximum Gasteiger partial charge on any atom is 0.250 e. The lowest BCUT2D eigenvalue weighted by Crippen LogP contribution is -2.25.